The highest BCUT2D eigenvalue weighted by atomic mass is 16.5. The minimum atomic E-state index is -0.105. The molecule has 1 aromatic heterocycles. The number of benzene rings is 3. The summed E-state index contributed by atoms with van der Waals surface area (Å²) in [5, 5.41) is 6.70. The number of methoxy groups -OCH3 is 1. The topological polar surface area (TPSA) is 60.5 Å². The van der Waals surface area contributed by atoms with Crippen LogP contribution in [0.15, 0.2) is 76.8 Å². The molecule has 3 aromatic carbocycles. The molecule has 0 saturated carbocycles. The number of hydrogen-bond donors (Lipinski definition) is 1. The summed E-state index contributed by atoms with van der Waals surface area (Å²) in [5.74, 6) is 0.810. The van der Waals surface area contributed by atoms with Crippen molar-refractivity contribution in [2.45, 2.75) is 13.8 Å². The van der Waals surface area contributed by atoms with Crippen molar-refractivity contribution in [1.82, 2.24) is 9.36 Å². The van der Waals surface area contributed by atoms with E-state index < -0.39 is 0 Å². The van der Waals surface area contributed by atoms with Gasteiger partial charge in [-0.1, -0.05) is 24.3 Å². The van der Waals surface area contributed by atoms with Gasteiger partial charge in [0.05, 0.1) is 29.8 Å². The molecule has 0 aliphatic heterocycles. The van der Waals surface area contributed by atoms with E-state index in [9.17, 15) is 4.79 Å². The number of anilines is 1. The highest BCUT2D eigenvalue weighted by Gasteiger charge is 2.13. The molecular formula is C24H24N4O2. The van der Waals surface area contributed by atoms with Gasteiger partial charge in [-0.2, -0.15) is 5.10 Å². The Morgan fingerprint density at radius 2 is 1.83 bits per heavy atom. The smallest absolute Gasteiger partial charge is 0.280 e. The maximum Gasteiger partial charge on any atom is 0.280 e. The predicted octanol–water partition coefficient (Wildman–Crippen LogP) is 4.48. The first-order valence-corrected chi connectivity index (χ1v) is 9.71. The van der Waals surface area contributed by atoms with Crippen LogP contribution in [0.25, 0.3) is 16.5 Å². The third-order valence-electron chi connectivity index (χ3n) is 5.16. The van der Waals surface area contributed by atoms with Crippen LogP contribution in [0.2, 0.25) is 0 Å². The van der Waals surface area contributed by atoms with Gasteiger partial charge in [-0.3, -0.25) is 14.9 Å². The minimum absolute atomic E-state index is 0.105. The van der Waals surface area contributed by atoms with Gasteiger partial charge in [0.2, 0.25) is 0 Å². The number of rotatable bonds is 5. The Bertz CT molecular complexity index is 1300. The standard InChI is InChI=1S/C24H24N4O2/c1-16-12-19(13-18-14-21(30-4)10-11-22(16)18)26-25-17(2)23-15-27(3)28(24(23)29)20-8-6-5-7-9-20/h5-15,26H,1-4H3/b25-17+. The fraction of sp³-hybridized carbons (Fsp3) is 0.167. The van der Waals surface area contributed by atoms with Gasteiger partial charge in [-0.25, -0.2) is 4.68 Å². The van der Waals surface area contributed by atoms with Gasteiger partial charge in [-0.05, 0) is 66.6 Å². The van der Waals surface area contributed by atoms with Crippen LogP contribution in [0.3, 0.4) is 0 Å². The van der Waals surface area contributed by atoms with Gasteiger partial charge in [0, 0.05) is 13.2 Å². The monoisotopic (exact) mass is 400 g/mol. The number of hydrogen-bond acceptors (Lipinski definition) is 4. The number of para-hydroxylation sites is 1. The number of nitrogens with one attached hydrogen (secondary N) is 1. The highest BCUT2D eigenvalue weighted by molar-refractivity contribution is 5.99. The quantitative estimate of drug-likeness (QED) is 0.397. The summed E-state index contributed by atoms with van der Waals surface area (Å²) in [7, 11) is 3.50. The molecule has 6 heteroatoms. The summed E-state index contributed by atoms with van der Waals surface area (Å²) in [6, 6.07) is 19.6. The lowest BCUT2D eigenvalue weighted by molar-refractivity contribution is 0.415. The first-order valence-electron chi connectivity index (χ1n) is 9.71. The average Bonchev–Trinajstić information content (AvgIpc) is 3.06. The van der Waals surface area contributed by atoms with Crippen LogP contribution in [0.5, 0.6) is 5.75 Å². The fourth-order valence-corrected chi connectivity index (χ4v) is 3.61. The second kappa shape index (κ2) is 7.91. The molecule has 4 rings (SSSR count). The zero-order valence-corrected chi connectivity index (χ0v) is 17.5. The van der Waals surface area contributed by atoms with Gasteiger partial charge < -0.3 is 4.74 Å². The van der Waals surface area contributed by atoms with Crippen LogP contribution in [0.4, 0.5) is 5.69 Å². The third-order valence-corrected chi connectivity index (χ3v) is 5.16. The molecule has 0 bridgehead atoms. The number of nitrogens with zero attached hydrogens (tertiary/aromatic N) is 3. The average molecular weight is 400 g/mol. The Hall–Kier alpha value is -3.80. The van der Waals surface area contributed by atoms with Crippen LogP contribution >= 0.6 is 0 Å². The molecule has 0 saturated heterocycles. The molecule has 0 spiro atoms. The molecule has 0 radical (unpaired) electrons. The molecule has 152 valence electrons. The predicted molar refractivity (Wildman–Crippen MR) is 122 cm³/mol. The number of aryl methyl sites for hydroxylation is 2. The third kappa shape index (κ3) is 3.59. The zero-order valence-electron chi connectivity index (χ0n) is 17.5. The van der Waals surface area contributed by atoms with Gasteiger partial charge in [-0.15, -0.1) is 0 Å². The summed E-state index contributed by atoms with van der Waals surface area (Å²) in [4.78, 5) is 13.0. The van der Waals surface area contributed by atoms with Crippen molar-refractivity contribution in [3.63, 3.8) is 0 Å². The van der Waals surface area contributed by atoms with E-state index in [4.69, 9.17) is 4.74 Å². The van der Waals surface area contributed by atoms with Crippen LogP contribution in [-0.4, -0.2) is 22.2 Å². The van der Waals surface area contributed by atoms with Crippen LogP contribution in [0, 0.1) is 6.92 Å². The van der Waals surface area contributed by atoms with E-state index >= 15 is 0 Å². The number of ether oxygens (including phenoxy) is 1. The van der Waals surface area contributed by atoms with E-state index in [-0.39, 0.29) is 5.56 Å². The molecule has 0 amide bonds. The summed E-state index contributed by atoms with van der Waals surface area (Å²) in [5.41, 5.74) is 6.97. The van der Waals surface area contributed by atoms with Gasteiger partial charge in [0.1, 0.15) is 5.75 Å². The number of hydrazone groups is 1. The summed E-state index contributed by atoms with van der Waals surface area (Å²) in [6.45, 7) is 3.89. The Kier molecular flexibility index (Phi) is 5.14. The Morgan fingerprint density at radius 3 is 2.57 bits per heavy atom. The molecule has 30 heavy (non-hydrogen) atoms. The number of aromatic nitrogens is 2. The number of fused-ring (bicyclic) bond motifs is 1. The van der Waals surface area contributed by atoms with E-state index in [1.807, 2.05) is 68.6 Å². The summed E-state index contributed by atoms with van der Waals surface area (Å²) >= 11 is 0. The van der Waals surface area contributed by atoms with Crippen molar-refractivity contribution in [3.8, 4) is 11.4 Å². The van der Waals surface area contributed by atoms with E-state index in [2.05, 4.69) is 23.5 Å². The van der Waals surface area contributed by atoms with Crippen molar-refractivity contribution in [1.29, 1.82) is 0 Å². The van der Waals surface area contributed by atoms with Crippen LogP contribution in [-0.2, 0) is 7.05 Å². The molecule has 0 unspecified atom stereocenters. The summed E-state index contributed by atoms with van der Waals surface area (Å²) < 4.78 is 8.74. The van der Waals surface area contributed by atoms with Crippen molar-refractivity contribution in [2.24, 2.45) is 12.1 Å². The first kappa shape index (κ1) is 19.5. The van der Waals surface area contributed by atoms with Crippen molar-refractivity contribution in [2.75, 3.05) is 12.5 Å². The summed E-state index contributed by atoms with van der Waals surface area (Å²) in [6.07, 6.45) is 1.80. The molecule has 0 aliphatic carbocycles. The van der Waals surface area contributed by atoms with E-state index in [1.54, 1.807) is 22.7 Å². The Morgan fingerprint density at radius 1 is 1.07 bits per heavy atom. The lowest BCUT2D eigenvalue weighted by atomic mass is 10.0. The highest BCUT2D eigenvalue weighted by Crippen LogP contribution is 2.27. The lowest BCUT2D eigenvalue weighted by Crippen LogP contribution is -2.22. The molecule has 0 fully saturated rings. The lowest BCUT2D eigenvalue weighted by Gasteiger charge is -2.09. The molecule has 1 N–H and O–H groups in total. The van der Waals surface area contributed by atoms with Crippen molar-refractivity contribution >= 4 is 22.2 Å². The molecular weight excluding hydrogens is 376 g/mol. The first-order chi connectivity index (χ1) is 14.5. The molecule has 4 aromatic rings. The van der Waals surface area contributed by atoms with Crippen molar-refractivity contribution in [3.05, 3.63) is 88.3 Å². The zero-order chi connectivity index (χ0) is 21.3. The van der Waals surface area contributed by atoms with Gasteiger partial charge in [0.25, 0.3) is 5.56 Å². The minimum Gasteiger partial charge on any atom is -0.497 e. The van der Waals surface area contributed by atoms with Gasteiger partial charge in [0.15, 0.2) is 0 Å². The maximum absolute atomic E-state index is 13.0. The SMILES string of the molecule is COc1ccc2c(C)cc(N/N=C(\C)c3cn(C)n(-c4ccccc4)c3=O)cc2c1. The van der Waals surface area contributed by atoms with E-state index in [0.717, 1.165) is 33.5 Å². The second-order valence-electron chi connectivity index (χ2n) is 7.26. The van der Waals surface area contributed by atoms with Crippen LogP contribution < -0.4 is 15.7 Å². The van der Waals surface area contributed by atoms with E-state index in [1.165, 1.54) is 0 Å². The largest absolute Gasteiger partial charge is 0.497 e. The molecule has 0 atom stereocenters. The molecule has 1 heterocycles. The normalized spacial score (nSPS) is 11.7. The molecule has 0 aliphatic rings. The maximum atomic E-state index is 13.0. The Balaban J connectivity index is 1.66. The second-order valence-corrected chi connectivity index (χ2v) is 7.26. The fourth-order valence-electron chi connectivity index (χ4n) is 3.61. The van der Waals surface area contributed by atoms with Gasteiger partial charge >= 0.3 is 0 Å². The Labute approximate surface area is 175 Å². The van der Waals surface area contributed by atoms with Crippen molar-refractivity contribution < 1.29 is 4.74 Å². The molecule has 6 nitrogen and oxygen atoms in total. The van der Waals surface area contributed by atoms with E-state index in [0.29, 0.717) is 11.3 Å². The van der Waals surface area contributed by atoms with Crippen LogP contribution in [0.1, 0.15) is 18.1 Å².